The molecule has 74 valence electrons. The topological polar surface area (TPSA) is 29.5 Å². The maximum Gasteiger partial charge on any atom is 0.416 e. The van der Waals surface area contributed by atoms with E-state index in [9.17, 15) is 13.2 Å². The standard InChI is InChI=1S/C7H13F3O2/c1-6(2,3)12-4-5(11)7(8,9)10/h5,11H,4H2,1-3H3. The van der Waals surface area contributed by atoms with Gasteiger partial charge in [0.1, 0.15) is 0 Å². The summed E-state index contributed by atoms with van der Waals surface area (Å²) in [5.74, 6) is 0. The Morgan fingerprint density at radius 2 is 1.67 bits per heavy atom. The van der Waals surface area contributed by atoms with Crippen LogP contribution in [0.25, 0.3) is 0 Å². The van der Waals surface area contributed by atoms with E-state index in [1.54, 1.807) is 20.8 Å². The minimum absolute atomic E-state index is 0.660. The van der Waals surface area contributed by atoms with E-state index in [-0.39, 0.29) is 0 Å². The predicted octanol–water partition coefficient (Wildman–Crippen LogP) is 1.72. The van der Waals surface area contributed by atoms with Crippen molar-refractivity contribution in [1.29, 1.82) is 0 Å². The first-order valence-electron chi connectivity index (χ1n) is 3.51. The summed E-state index contributed by atoms with van der Waals surface area (Å²) in [5.41, 5.74) is -0.660. The van der Waals surface area contributed by atoms with Crippen molar-refractivity contribution in [1.82, 2.24) is 0 Å². The smallest absolute Gasteiger partial charge is 0.382 e. The van der Waals surface area contributed by atoms with Crippen molar-refractivity contribution in [3.8, 4) is 0 Å². The molecule has 0 bridgehead atoms. The van der Waals surface area contributed by atoms with Crippen LogP contribution in [0.1, 0.15) is 20.8 Å². The fourth-order valence-electron chi connectivity index (χ4n) is 0.423. The van der Waals surface area contributed by atoms with Gasteiger partial charge in [-0.3, -0.25) is 0 Å². The molecule has 12 heavy (non-hydrogen) atoms. The van der Waals surface area contributed by atoms with E-state index in [0.29, 0.717) is 0 Å². The van der Waals surface area contributed by atoms with Crippen molar-refractivity contribution >= 4 is 0 Å². The van der Waals surface area contributed by atoms with Crippen LogP contribution in [-0.2, 0) is 4.74 Å². The third-order valence-electron chi connectivity index (χ3n) is 1.05. The maximum absolute atomic E-state index is 11.7. The molecule has 5 heteroatoms. The third-order valence-corrected chi connectivity index (χ3v) is 1.05. The Bertz CT molecular complexity index is 137. The van der Waals surface area contributed by atoms with Gasteiger partial charge in [0.25, 0.3) is 0 Å². The largest absolute Gasteiger partial charge is 0.416 e. The lowest BCUT2D eigenvalue weighted by Crippen LogP contribution is -2.36. The summed E-state index contributed by atoms with van der Waals surface area (Å²) in [6.45, 7) is 4.15. The highest BCUT2D eigenvalue weighted by Crippen LogP contribution is 2.21. The van der Waals surface area contributed by atoms with E-state index >= 15 is 0 Å². The number of hydrogen-bond donors (Lipinski definition) is 1. The molecule has 0 spiro atoms. The Kier molecular flexibility index (Phi) is 3.53. The average molecular weight is 186 g/mol. The van der Waals surface area contributed by atoms with Crippen LogP contribution in [0.5, 0.6) is 0 Å². The van der Waals surface area contributed by atoms with Gasteiger partial charge in [0.15, 0.2) is 6.10 Å². The zero-order valence-corrected chi connectivity index (χ0v) is 7.27. The van der Waals surface area contributed by atoms with E-state index in [0.717, 1.165) is 0 Å². The van der Waals surface area contributed by atoms with Gasteiger partial charge in [-0.25, -0.2) is 0 Å². The van der Waals surface area contributed by atoms with Crippen LogP contribution in [0.4, 0.5) is 13.2 Å². The zero-order chi connectivity index (χ0) is 9.99. The molecule has 0 aromatic rings. The lowest BCUT2D eigenvalue weighted by Gasteiger charge is -2.22. The van der Waals surface area contributed by atoms with E-state index in [2.05, 4.69) is 0 Å². The molecular formula is C7H13F3O2. The lowest BCUT2D eigenvalue weighted by atomic mass is 10.2. The molecular weight excluding hydrogens is 173 g/mol. The second kappa shape index (κ2) is 3.62. The molecule has 0 radical (unpaired) electrons. The first-order chi connectivity index (χ1) is 5.13. The Hall–Kier alpha value is -0.290. The Morgan fingerprint density at radius 3 is 1.92 bits per heavy atom. The number of rotatable bonds is 2. The molecule has 1 atom stereocenters. The third kappa shape index (κ3) is 5.37. The zero-order valence-electron chi connectivity index (χ0n) is 7.27. The molecule has 1 unspecified atom stereocenters. The van der Waals surface area contributed by atoms with E-state index in [1.807, 2.05) is 0 Å². The Morgan fingerprint density at radius 1 is 1.25 bits per heavy atom. The summed E-state index contributed by atoms with van der Waals surface area (Å²) in [6.07, 6.45) is -6.98. The van der Waals surface area contributed by atoms with E-state index < -0.39 is 24.5 Å². The molecule has 0 aliphatic carbocycles. The maximum atomic E-state index is 11.7. The van der Waals surface area contributed by atoms with Crippen LogP contribution in [0.3, 0.4) is 0 Å². The molecule has 2 nitrogen and oxygen atoms in total. The van der Waals surface area contributed by atoms with Crippen LogP contribution >= 0.6 is 0 Å². The molecule has 0 aromatic carbocycles. The molecule has 0 saturated heterocycles. The summed E-state index contributed by atoms with van der Waals surface area (Å²) >= 11 is 0. The monoisotopic (exact) mass is 186 g/mol. The van der Waals surface area contributed by atoms with E-state index in [1.165, 1.54) is 0 Å². The van der Waals surface area contributed by atoms with Gasteiger partial charge >= 0.3 is 6.18 Å². The lowest BCUT2D eigenvalue weighted by molar-refractivity contribution is -0.225. The number of aliphatic hydroxyl groups excluding tert-OH is 1. The number of aliphatic hydroxyl groups is 1. The molecule has 0 saturated carbocycles. The Labute approximate surface area is 69.3 Å². The first-order valence-corrected chi connectivity index (χ1v) is 3.51. The SMILES string of the molecule is CC(C)(C)OCC(O)C(F)(F)F. The highest BCUT2D eigenvalue weighted by Gasteiger charge is 2.38. The van der Waals surface area contributed by atoms with Gasteiger partial charge in [-0.1, -0.05) is 0 Å². The normalized spacial score (nSPS) is 16.2. The van der Waals surface area contributed by atoms with Crippen molar-refractivity contribution in [3.05, 3.63) is 0 Å². The second-order valence-corrected chi connectivity index (χ2v) is 3.48. The fraction of sp³-hybridized carbons (Fsp3) is 1.00. The summed E-state index contributed by atoms with van der Waals surface area (Å²) in [5, 5.41) is 8.50. The van der Waals surface area contributed by atoms with Crippen molar-refractivity contribution in [2.75, 3.05) is 6.61 Å². The fourth-order valence-corrected chi connectivity index (χ4v) is 0.423. The first kappa shape index (κ1) is 11.7. The molecule has 0 fully saturated rings. The van der Waals surface area contributed by atoms with Gasteiger partial charge in [-0.2, -0.15) is 13.2 Å². The number of halogens is 3. The van der Waals surface area contributed by atoms with Gasteiger partial charge in [0.05, 0.1) is 12.2 Å². The van der Waals surface area contributed by atoms with Crippen molar-refractivity contribution in [3.63, 3.8) is 0 Å². The van der Waals surface area contributed by atoms with Gasteiger partial charge in [0.2, 0.25) is 0 Å². The molecule has 0 aromatic heterocycles. The van der Waals surface area contributed by atoms with Crippen molar-refractivity contribution in [2.45, 2.75) is 38.7 Å². The van der Waals surface area contributed by atoms with Gasteiger partial charge < -0.3 is 9.84 Å². The quantitative estimate of drug-likeness (QED) is 0.711. The highest BCUT2D eigenvalue weighted by atomic mass is 19.4. The Balaban J connectivity index is 3.80. The van der Waals surface area contributed by atoms with Crippen LogP contribution < -0.4 is 0 Å². The molecule has 1 N–H and O–H groups in total. The highest BCUT2D eigenvalue weighted by molar-refractivity contribution is 4.67. The molecule has 0 aliphatic heterocycles. The average Bonchev–Trinajstić information content (AvgIpc) is 1.78. The molecule has 0 heterocycles. The predicted molar refractivity (Wildman–Crippen MR) is 37.8 cm³/mol. The van der Waals surface area contributed by atoms with Gasteiger partial charge in [-0.05, 0) is 20.8 Å². The van der Waals surface area contributed by atoms with E-state index in [4.69, 9.17) is 9.84 Å². The molecule has 0 amide bonds. The minimum atomic E-state index is -4.59. The van der Waals surface area contributed by atoms with Gasteiger partial charge in [-0.15, -0.1) is 0 Å². The number of ether oxygens (including phenoxy) is 1. The molecule has 0 rings (SSSR count). The minimum Gasteiger partial charge on any atom is -0.382 e. The summed E-state index contributed by atoms with van der Waals surface area (Å²) < 4.78 is 39.8. The van der Waals surface area contributed by atoms with Gasteiger partial charge in [0, 0.05) is 0 Å². The van der Waals surface area contributed by atoms with Crippen molar-refractivity contribution in [2.24, 2.45) is 0 Å². The molecule has 0 aliphatic rings. The summed E-state index contributed by atoms with van der Waals surface area (Å²) in [4.78, 5) is 0. The second-order valence-electron chi connectivity index (χ2n) is 3.48. The summed E-state index contributed by atoms with van der Waals surface area (Å²) in [6, 6.07) is 0. The van der Waals surface area contributed by atoms with Crippen LogP contribution in [0.2, 0.25) is 0 Å². The summed E-state index contributed by atoms with van der Waals surface area (Å²) in [7, 11) is 0. The number of hydrogen-bond acceptors (Lipinski definition) is 2. The number of alkyl halides is 3. The van der Waals surface area contributed by atoms with Crippen LogP contribution in [0.15, 0.2) is 0 Å². The van der Waals surface area contributed by atoms with Crippen LogP contribution in [-0.4, -0.2) is 29.6 Å². The van der Waals surface area contributed by atoms with Crippen molar-refractivity contribution < 1.29 is 23.0 Å². The van der Waals surface area contributed by atoms with Crippen LogP contribution in [0, 0.1) is 0 Å².